The van der Waals surface area contributed by atoms with Gasteiger partial charge in [-0.2, -0.15) is 0 Å². The zero-order valence-corrected chi connectivity index (χ0v) is 18.2. The zero-order valence-electron chi connectivity index (χ0n) is 16.7. The topological polar surface area (TPSA) is 50.2 Å². The summed E-state index contributed by atoms with van der Waals surface area (Å²) in [5, 5.41) is 4.39. The Labute approximate surface area is 181 Å². The lowest BCUT2D eigenvalue weighted by Gasteiger charge is -2.33. The van der Waals surface area contributed by atoms with E-state index < -0.39 is 0 Å². The molecule has 1 amide bonds. The Kier molecular flexibility index (Phi) is 5.37. The number of piperidine rings is 1. The zero-order chi connectivity index (χ0) is 20.0. The predicted molar refractivity (Wildman–Crippen MR) is 118 cm³/mol. The van der Waals surface area contributed by atoms with E-state index in [4.69, 9.17) is 28.2 Å². The number of anilines is 1. The van der Waals surface area contributed by atoms with E-state index in [1.165, 1.54) is 25.7 Å². The fourth-order valence-corrected chi connectivity index (χ4v) is 5.13. The van der Waals surface area contributed by atoms with E-state index in [0.29, 0.717) is 16.1 Å². The summed E-state index contributed by atoms with van der Waals surface area (Å²) in [6.45, 7) is 2.70. The lowest BCUT2D eigenvalue weighted by atomic mass is 9.95. The molecule has 2 heterocycles. The first-order valence-corrected chi connectivity index (χ1v) is 11.7. The second-order valence-corrected chi connectivity index (χ2v) is 9.79. The van der Waals surface area contributed by atoms with E-state index in [-0.39, 0.29) is 11.8 Å². The highest BCUT2D eigenvalue weighted by Gasteiger charge is 2.31. The Morgan fingerprint density at radius 1 is 1.03 bits per heavy atom. The van der Waals surface area contributed by atoms with Crippen LogP contribution in [0.5, 0.6) is 0 Å². The minimum atomic E-state index is 0.122. The minimum absolute atomic E-state index is 0.122. The van der Waals surface area contributed by atoms with Gasteiger partial charge in [0.1, 0.15) is 0 Å². The van der Waals surface area contributed by atoms with Crippen molar-refractivity contribution in [2.45, 2.75) is 64.0 Å². The Hall–Kier alpha value is -1.46. The van der Waals surface area contributed by atoms with Gasteiger partial charge < -0.3 is 14.8 Å². The maximum absolute atomic E-state index is 12.7. The molecule has 7 heteroatoms. The second kappa shape index (κ2) is 7.99. The summed E-state index contributed by atoms with van der Waals surface area (Å²) in [6, 6.07) is 4.21. The summed E-state index contributed by atoms with van der Waals surface area (Å²) in [5.41, 5.74) is 1.96. The Bertz CT molecular complexity index is 909. The van der Waals surface area contributed by atoms with Crippen LogP contribution in [0.3, 0.4) is 0 Å². The van der Waals surface area contributed by atoms with Gasteiger partial charge in [0.15, 0.2) is 0 Å². The quantitative estimate of drug-likeness (QED) is 0.717. The smallest absolute Gasteiger partial charge is 0.223 e. The molecule has 1 N–H and O–H groups in total. The molecule has 1 aromatic heterocycles. The lowest BCUT2D eigenvalue weighted by Crippen LogP contribution is -2.43. The second-order valence-electron chi connectivity index (χ2n) is 8.97. The first-order chi connectivity index (χ1) is 14.1. The molecule has 1 aliphatic heterocycles. The molecule has 0 radical (unpaired) electrons. The first kappa shape index (κ1) is 19.5. The number of hydrogen-bond donors (Lipinski definition) is 1. The van der Waals surface area contributed by atoms with Crippen LogP contribution in [0, 0.1) is 11.8 Å². The molecule has 3 fully saturated rings. The van der Waals surface area contributed by atoms with Crippen LogP contribution in [0.2, 0.25) is 10.0 Å². The van der Waals surface area contributed by atoms with Crippen molar-refractivity contribution in [3.63, 3.8) is 0 Å². The van der Waals surface area contributed by atoms with E-state index in [1.807, 2.05) is 12.1 Å². The first-order valence-electron chi connectivity index (χ1n) is 11.0. The SMILES string of the molecule is O=C(NC1CCCC1)C1CCN(c2nc3cc(Cl)c(Cl)cc3n2CC2CC2)CC1. The number of halogens is 2. The van der Waals surface area contributed by atoms with Crippen molar-refractivity contribution in [2.75, 3.05) is 18.0 Å². The number of fused-ring (bicyclic) bond motifs is 1. The third-order valence-corrected chi connectivity index (χ3v) is 7.48. The maximum Gasteiger partial charge on any atom is 0.223 e. The molecule has 3 aliphatic rings. The van der Waals surface area contributed by atoms with Gasteiger partial charge in [0.05, 0.1) is 21.1 Å². The minimum Gasteiger partial charge on any atom is -0.353 e. The largest absolute Gasteiger partial charge is 0.353 e. The number of aromatic nitrogens is 2. The number of nitrogens with zero attached hydrogens (tertiary/aromatic N) is 3. The van der Waals surface area contributed by atoms with Crippen molar-refractivity contribution < 1.29 is 4.79 Å². The average Bonchev–Trinajstić information content (AvgIpc) is 3.28. The molecule has 0 spiro atoms. The van der Waals surface area contributed by atoms with Gasteiger partial charge in [0, 0.05) is 31.6 Å². The number of rotatable bonds is 5. The third-order valence-electron chi connectivity index (χ3n) is 6.76. The van der Waals surface area contributed by atoms with Gasteiger partial charge in [0.2, 0.25) is 11.9 Å². The normalized spacial score (nSPS) is 21.2. The molecule has 156 valence electrons. The summed E-state index contributed by atoms with van der Waals surface area (Å²) >= 11 is 12.5. The summed E-state index contributed by atoms with van der Waals surface area (Å²) < 4.78 is 2.31. The van der Waals surface area contributed by atoms with Gasteiger partial charge in [-0.05, 0) is 56.6 Å². The van der Waals surface area contributed by atoms with Gasteiger partial charge in [0.25, 0.3) is 0 Å². The molecular weight excluding hydrogens is 407 g/mol. The van der Waals surface area contributed by atoms with E-state index in [9.17, 15) is 4.79 Å². The molecule has 1 aromatic carbocycles. The van der Waals surface area contributed by atoms with Crippen molar-refractivity contribution in [2.24, 2.45) is 11.8 Å². The van der Waals surface area contributed by atoms with Crippen LogP contribution in [-0.2, 0) is 11.3 Å². The maximum atomic E-state index is 12.7. The van der Waals surface area contributed by atoms with Crippen molar-refractivity contribution in [3.8, 4) is 0 Å². The fourth-order valence-electron chi connectivity index (χ4n) is 4.82. The summed E-state index contributed by atoms with van der Waals surface area (Å²) in [6.07, 6.45) is 9.10. The molecule has 2 saturated carbocycles. The summed E-state index contributed by atoms with van der Waals surface area (Å²) in [7, 11) is 0. The average molecular weight is 435 g/mol. The Balaban J connectivity index is 1.32. The highest BCUT2D eigenvalue weighted by Crippen LogP contribution is 2.37. The van der Waals surface area contributed by atoms with Gasteiger partial charge in [-0.15, -0.1) is 0 Å². The molecule has 0 bridgehead atoms. The molecule has 5 nitrogen and oxygen atoms in total. The van der Waals surface area contributed by atoms with Crippen molar-refractivity contribution in [1.29, 1.82) is 0 Å². The number of benzene rings is 1. The van der Waals surface area contributed by atoms with Crippen LogP contribution in [0.25, 0.3) is 11.0 Å². The van der Waals surface area contributed by atoms with Gasteiger partial charge in [-0.3, -0.25) is 4.79 Å². The van der Waals surface area contributed by atoms with E-state index in [1.54, 1.807) is 0 Å². The summed E-state index contributed by atoms with van der Waals surface area (Å²) in [4.78, 5) is 19.9. The highest BCUT2D eigenvalue weighted by molar-refractivity contribution is 6.42. The molecule has 0 unspecified atom stereocenters. The van der Waals surface area contributed by atoms with Gasteiger partial charge in [-0.1, -0.05) is 36.0 Å². The van der Waals surface area contributed by atoms with Crippen LogP contribution in [-0.4, -0.2) is 34.6 Å². The highest BCUT2D eigenvalue weighted by atomic mass is 35.5. The lowest BCUT2D eigenvalue weighted by molar-refractivity contribution is -0.126. The van der Waals surface area contributed by atoms with Crippen molar-refractivity contribution >= 4 is 46.1 Å². The molecule has 2 aromatic rings. The molecule has 1 saturated heterocycles. The van der Waals surface area contributed by atoms with E-state index in [2.05, 4.69) is 14.8 Å². The number of nitrogens with one attached hydrogen (secondary N) is 1. The fraction of sp³-hybridized carbons (Fsp3) is 0.636. The van der Waals surface area contributed by atoms with E-state index >= 15 is 0 Å². The van der Waals surface area contributed by atoms with E-state index in [0.717, 1.165) is 68.2 Å². The molecule has 5 rings (SSSR count). The third kappa shape index (κ3) is 4.09. The standard InChI is InChI=1S/C22H28Cl2N4O/c23-17-11-19-20(12-18(17)24)28(13-14-5-6-14)22(26-19)27-9-7-15(8-10-27)21(29)25-16-3-1-2-4-16/h11-12,14-16H,1-10,13H2,(H,25,29). The number of carbonyl (C=O) groups excluding carboxylic acids is 1. The van der Waals surface area contributed by atoms with Crippen LogP contribution in [0.1, 0.15) is 51.4 Å². The van der Waals surface area contributed by atoms with Gasteiger partial charge >= 0.3 is 0 Å². The predicted octanol–water partition coefficient (Wildman–Crippen LogP) is 5.03. The molecule has 29 heavy (non-hydrogen) atoms. The Morgan fingerprint density at radius 2 is 1.72 bits per heavy atom. The summed E-state index contributed by atoms with van der Waals surface area (Å²) in [5.74, 6) is 2.11. The number of imidazole rings is 1. The monoisotopic (exact) mass is 434 g/mol. The van der Waals surface area contributed by atoms with Crippen molar-refractivity contribution in [3.05, 3.63) is 22.2 Å². The number of amides is 1. The number of carbonyl (C=O) groups is 1. The molecule has 2 aliphatic carbocycles. The van der Waals surface area contributed by atoms with Gasteiger partial charge in [-0.25, -0.2) is 4.98 Å². The molecular formula is C22H28Cl2N4O. The molecule has 0 atom stereocenters. The Morgan fingerprint density at radius 3 is 2.41 bits per heavy atom. The van der Waals surface area contributed by atoms with Crippen LogP contribution < -0.4 is 10.2 Å². The van der Waals surface area contributed by atoms with Crippen LogP contribution in [0.15, 0.2) is 12.1 Å². The van der Waals surface area contributed by atoms with Crippen LogP contribution in [0.4, 0.5) is 5.95 Å². The van der Waals surface area contributed by atoms with Crippen LogP contribution >= 0.6 is 23.2 Å². The van der Waals surface area contributed by atoms with Crippen molar-refractivity contribution in [1.82, 2.24) is 14.9 Å². The number of hydrogen-bond acceptors (Lipinski definition) is 3.